The third-order valence-electron chi connectivity index (χ3n) is 5.40. The summed E-state index contributed by atoms with van der Waals surface area (Å²) in [5, 5.41) is 2.70. The number of halogens is 2. The van der Waals surface area contributed by atoms with E-state index < -0.39 is 29.7 Å². The van der Waals surface area contributed by atoms with Crippen LogP contribution in [0.25, 0.3) is 0 Å². The molecule has 0 radical (unpaired) electrons. The molecule has 2 aliphatic carbocycles. The highest BCUT2D eigenvalue weighted by Gasteiger charge is 2.55. The lowest BCUT2D eigenvalue weighted by Gasteiger charge is -2.31. The quantitative estimate of drug-likeness (QED) is 0.885. The summed E-state index contributed by atoms with van der Waals surface area (Å²) in [6.07, 6.45) is 0.0800. The van der Waals surface area contributed by atoms with Gasteiger partial charge in [-0.25, -0.2) is 13.6 Å². The maximum absolute atomic E-state index is 14.3. The molecular formula is C21H19F2NO3. The number of hydrogen-bond acceptors (Lipinski definition) is 3. The molecule has 4 atom stereocenters. The lowest BCUT2D eigenvalue weighted by atomic mass is 9.79. The van der Waals surface area contributed by atoms with Crippen LogP contribution in [0.4, 0.5) is 13.6 Å². The standard InChI is InChI=1S/C21H19F2NO3/c22-13-6-7-17(23)16(8-13)20-15-9-14(15)19(25)10-18(20)24-21(26)27-11-12-4-2-1-3-5-12/h1-8,14-15,18,20H,9-11H2,(H,24,26)/t14-,15+,18+,20-/m1/s1. The maximum atomic E-state index is 14.3. The number of carbonyl (C=O) groups is 2. The van der Waals surface area contributed by atoms with Crippen molar-refractivity contribution in [1.82, 2.24) is 5.32 Å². The van der Waals surface area contributed by atoms with Gasteiger partial charge >= 0.3 is 6.09 Å². The molecule has 2 aromatic rings. The first kappa shape index (κ1) is 17.6. The molecule has 2 saturated carbocycles. The fraction of sp³-hybridized carbons (Fsp3) is 0.333. The summed E-state index contributed by atoms with van der Waals surface area (Å²) in [5.74, 6) is -1.62. The Hall–Kier alpha value is -2.76. The maximum Gasteiger partial charge on any atom is 0.407 e. The van der Waals surface area contributed by atoms with Gasteiger partial charge in [0.2, 0.25) is 0 Å². The molecule has 140 valence electrons. The molecule has 2 fully saturated rings. The van der Waals surface area contributed by atoms with Crippen LogP contribution in [0.3, 0.4) is 0 Å². The lowest BCUT2D eigenvalue weighted by Crippen LogP contribution is -2.44. The first-order chi connectivity index (χ1) is 13.0. The summed E-state index contributed by atoms with van der Waals surface area (Å²) in [6.45, 7) is 0.0956. The van der Waals surface area contributed by atoms with E-state index in [9.17, 15) is 18.4 Å². The molecule has 1 N–H and O–H groups in total. The predicted octanol–water partition coefficient (Wildman–Crippen LogP) is 3.95. The third kappa shape index (κ3) is 3.70. The van der Waals surface area contributed by atoms with Crippen molar-refractivity contribution in [3.05, 3.63) is 71.3 Å². The van der Waals surface area contributed by atoms with Gasteiger partial charge in [0.25, 0.3) is 0 Å². The number of Topliss-reactive ketones (excluding diaryl/α,β-unsaturated/α-hetero) is 1. The lowest BCUT2D eigenvalue weighted by molar-refractivity contribution is -0.122. The molecule has 27 heavy (non-hydrogen) atoms. The molecule has 4 nitrogen and oxygen atoms in total. The van der Waals surface area contributed by atoms with Crippen molar-refractivity contribution in [2.24, 2.45) is 11.8 Å². The summed E-state index contributed by atoms with van der Waals surface area (Å²) >= 11 is 0. The second kappa shape index (κ2) is 7.10. The molecule has 2 aliphatic rings. The van der Waals surface area contributed by atoms with Gasteiger partial charge in [0.15, 0.2) is 0 Å². The highest BCUT2D eigenvalue weighted by atomic mass is 19.1. The van der Waals surface area contributed by atoms with Crippen molar-refractivity contribution in [3.8, 4) is 0 Å². The zero-order valence-corrected chi connectivity index (χ0v) is 14.5. The highest BCUT2D eigenvalue weighted by Crippen LogP contribution is 2.55. The Morgan fingerprint density at radius 2 is 1.93 bits per heavy atom. The van der Waals surface area contributed by atoms with Gasteiger partial charge in [-0.1, -0.05) is 30.3 Å². The average Bonchev–Trinajstić information content (AvgIpc) is 3.45. The van der Waals surface area contributed by atoms with Crippen LogP contribution in [-0.2, 0) is 16.1 Å². The molecule has 2 aromatic carbocycles. The van der Waals surface area contributed by atoms with Crippen LogP contribution in [0.15, 0.2) is 48.5 Å². The third-order valence-corrected chi connectivity index (χ3v) is 5.40. The first-order valence-electron chi connectivity index (χ1n) is 8.98. The number of fused-ring (bicyclic) bond motifs is 1. The predicted molar refractivity (Wildman–Crippen MR) is 93.9 cm³/mol. The van der Waals surface area contributed by atoms with Crippen molar-refractivity contribution in [3.63, 3.8) is 0 Å². The zero-order valence-electron chi connectivity index (χ0n) is 14.5. The van der Waals surface area contributed by atoms with Gasteiger partial charge in [0.05, 0.1) is 0 Å². The fourth-order valence-corrected chi connectivity index (χ4v) is 4.05. The first-order valence-corrected chi connectivity index (χ1v) is 8.98. The second-order valence-electron chi connectivity index (χ2n) is 7.18. The van der Waals surface area contributed by atoms with E-state index in [-0.39, 0.29) is 36.2 Å². The van der Waals surface area contributed by atoms with Crippen molar-refractivity contribution in [2.45, 2.75) is 31.4 Å². The monoisotopic (exact) mass is 371 g/mol. The Kier molecular flexibility index (Phi) is 4.64. The molecule has 0 heterocycles. The molecule has 0 bridgehead atoms. The Morgan fingerprint density at radius 3 is 2.70 bits per heavy atom. The van der Waals surface area contributed by atoms with Crippen molar-refractivity contribution in [2.75, 3.05) is 0 Å². The normalized spacial score (nSPS) is 26.2. The number of amides is 1. The minimum atomic E-state index is -0.669. The van der Waals surface area contributed by atoms with Crippen LogP contribution >= 0.6 is 0 Å². The SMILES string of the molecule is O=C(N[C@H]1CC(=O)[C@@H]2C[C@@H]2[C@@H]1c1cc(F)ccc1F)OCc1ccccc1. The fourth-order valence-electron chi connectivity index (χ4n) is 4.05. The van der Waals surface area contributed by atoms with Gasteiger partial charge in [-0.05, 0) is 41.7 Å². The second-order valence-corrected chi connectivity index (χ2v) is 7.18. The van der Waals surface area contributed by atoms with Gasteiger partial charge in [-0.15, -0.1) is 0 Å². The van der Waals surface area contributed by atoms with E-state index >= 15 is 0 Å². The number of hydrogen-bond donors (Lipinski definition) is 1. The summed E-state index contributed by atoms with van der Waals surface area (Å²) < 4.78 is 33.2. The van der Waals surface area contributed by atoms with Crippen LogP contribution in [0, 0.1) is 23.5 Å². The van der Waals surface area contributed by atoms with E-state index in [1.54, 1.807) is 0 Å². The smallest absolute Gasteiger partial charge is 0.407 e. The summed E-state index contributed by atoms with van der Waals surface area (Å²) in [4.78, 5) is 24.4. The Balaban J connectivity index is 1.49. The van der Waals surface area contributed by atoms with Crippen LogP contribution in [0.2, 0.25) is 0 Å². The van der Waals surface area contributed by atoms with Gasteiger partial charge < -0.3 is 10.1 Å². The van der Waals surface area contributed by atoms with Crippen LogP contribution in [0.5, 0.6) is 0 Å². The number of ketones is 1. The Bertz CT molecular complexity index is 871. The number of carbonyl (C=O) groups excluding carboxylic acids is 2. The Morgan fingerprint density at radius 1 is 1.15 bits per heavy atom. The van der Waals surface area contributed by atoms with E-state index in [0.717, 1.165) is 23.8 Å². The van der Waals surface area contributed by atoms with Gasteiger partial charge in [-0.3, -0.25) is 4.79 Å². The number of rotatable bonds is 4. The molecule has 4 rings (SSSR count). The largest absolute Gasteiger partial charge is 0.445 e. The molecular weight excluding hydrogens is 352 g/mol. The Labute approximate surface area is 155 Å². The van der Waals surface area contributed by atoms with Crippen molar-refractivity contribution < 1.29 is 23.1 Å². The van der Waals surface area contributed by atoms with Crippen LogP contribution in [0.1, 0.15) is 29.9 Å². The molecule has 0 spiro atoms. The van der Waals surface area contributed by atoms with Crippen LogP contribution < -0.4 is 5.32 Å². The average molecular weight is 371 g/mol. The summed E-state index contributed by atoms with van der Waals surface area (Å²) in [7, 11) is 0. The molecule has 6 heteroatoms. The van der Waals surface area contributed by atoms with E-state index in [0.29, 0.717) is 6.42 Å². The van der Waals surface area contributed by atoms with Gasteiger partial charge in [0.1, 0.15) is 24.0 Å². The van der Waals surface area contributed by atoms with Crippen LogP contribution in [-0.4, -0.2) is 17.9 Å². The van der Waals surface area contributed by atoms with Gasteiger partial charge in [0, 0.05) is 24.3 Å². The molecule has 1 amide bonds. The highest BCUT2D eigenvalue weighted by molar-refractivity contribution is 5.86. The number of alkyl carbamates (subject to hydrolysis) is 1. The zero-order chi connectivity index (χ0) is 19.0. The van der Waals surface area contributed by atoms with E-state index in [2.05, 4.69) is 5.32 Å². The molecule has 0 aromatic heterocycles. The molecule has 0 aliphatic heterocycles. The topological polar surface area (TPSA) is 55.4 Å². The number of benzene rings is 2. The summed E-state index contributed by atoms with van der Waals surface area (Å²) in [6, 6.07) is 11.9. The van der Waals surface area contributed by atoms with E-state index in [1.807, 2.05) is 30.3 Å². The van der Waals surface area contributed by atoms with Crippen molar-refractivity contribution >= 4 is 11.9 Å². The number of ether oxygens (including phenoxy) is 1. The van der Waals surface area contributed by atoms with E-state index in [1.165, 1.54) is 0 Å². The minimum absolute atomic E-state index is 0.0569. The minimum Gasteiger partial charge on any atom is -0.445 e. The van der Waals surface area contributed by atoms with Gasteiger partial charge in [-0.2, -0.15) is 0 Å². The number of nitrogens with one attached hydrogen (secondary N) is 1. The molecule has 0 unspecified atom stereocenters. The van der Waals surface area contributed by atoms with Crippen molar-refractivity contribution in [1.29, 1.82) is 0 Å². The molecule has 0 saturated heterocycles. The summed E-state index contributed by atoms with van der Waals surface area (Å²) in [5.41, 5.74) is 1.05. The van der Waals surface area contributed by atoms with E-state index in [4.69, 9.17) is 4.74 Å².